The molecule has 0 radical (unpaired) electrons. The topological polar surface area (TPSA) is 49.4 Å². The molecule has 20 heavy (non-hydrogen) atoms. The maximum atomic E-state index is 12.7. The molecule has 2 aliphatic rings. The molecule has 3 rings (SSSR count). The summed E-state index contributed by atoms with van der Waals surface area (Å²) >= 11 is 12.0. The molecule has 110 valence electrons. The van der Waals surface area contributed by atoms with Crippen molar-refractivity contribution in [2.75, 3.05) is 19.6 Å². The quantitative estimate of drug-likeness (QED) is 0.903. The van der Waals surface area contributed by atoms with Crippen LogP contribution >= 0.6 is 23.2 Å². The SMILES string of the molecule is O=S(=O)(c1cccc(Cl)c1Cl)N1CC2CCCNC2C1. The van der Waals surface area contributed by atoms with Crippen LogP contribution in [0.3, 0.4) is 0 Å². The zero-order chi connectivity index (χ0) is 14.3. The van der Waals surface area contributed by atoms with E-state index < -0.39 is 10.0 Å². The number of hydrogen-bond acceptors (Lipinski definition) is 3. The van der Waals surface area contributed by atoms with Gasteiger partial charge in [0.1, 0.15) is 4.90 Å². The monoisotopic (exact) mass is 334 g/mol. The van der Waals surface area contributed by atoms with Crippen LogP contribution in [0.4, 0.5) is 0 Å². The summed E-state index contributed by atoms with van der Waals surface area (Å²) in [5.41, 5.74) is 0. The highest BCUT2D eigenvalue weighted by Crippen LogP contribution is 2.34. The minimum absolute atomic E-state index is 0.102. The number of nitrogens with zero attached hydrogens (tertiary/aromatic N) is 1. The summed E-state index contributed by atoms with van der Waals surface area (Å²) < 4.78 is 26.9. The number of fused-ring (bicyclic) bond motifs is 1. The molecular weight excluding hydrogens is 319 g/mol. The van der Waals surface area contributed by atoms with Gasteiger partial charge in [-0.15, -0.1) is 0 Å². The molecule has 7 heteroatoms. The Morgan fingerprint density at radius 2 is 2.05 bits per heavy atom. The second-order valence-corrected chi connectivity index (χ2v) is 8.03. The highest BCUT2D eigenvalue weighted by molar-refractivity contribution is 7.89. The number of rotatable bonds is 2. The molecular formula is C13H16Cl2N2O2S. The number of benzene rings is 1. The van der Waals surface area contributed by atoms with Crippen molar-refractivity contribution in [1.82, 2.24) is 9.62 Å². The normalized spacial score (nSPS) is 27.5. The Labute approximate surface area is 129 Å². The zero-order valence-corrected chi connectivity index (χ0v) is 13.2. The number of halogens is 2. The summed E-state index contributed by atoms with van der Waals surface area (Å²) in [5, 5.41) is 3.77. The third-order valence-electron chi connectivity index (χ3n) is 4.10. The van der Waals surface area contributed by atoms with E-state index in [9.17, 15) is 8.42 Å². The van der Waals surface area contributed by atoms with Crippen LogP contribution in [0.1, 0.15) is 12.8 Å². The molecule has 0 amide bonds. The zero-order valence-electron chi connectivity index (χ0n) is 10.9. The van der Waals surface area contributed by atoms with E-state index in [-0.39, 0.29) is 21.0 Å². The Balaban J connectivity index is 1.91. The van der Waals surface area contributed by atoms with Crippen LogP contribution in [-0.2, 0) is 10.0 Å². The Hall–Kier alpha value is -0.330. The minimum atomic E-state index is -3.57. The van der Waals surface area contributed by atoms with Crippen molar-refractivity contribution >= 4 is 33.2 Å². The van der Waals surface area contributed by atoms with E-state index >= 15 is 0 Å². The van der Waals surface area contributed by atoms with Crippen molar-refractivity contribution in [3.8, 4) is 0 Å². The fourth-order valence-electron chi connectivity index (χ4n) is 3.03. The number of nitrogens with one attached hydrogen (secondary N) is 1. The molecule has 0 bridgehead atoms. The molecule has 2 atom stereocenters. The highest BCUT2D eigenvalue weighted by atomic mass is 35.5. The predicted molar refractivity (Wildman–Crippen MR) is 79.7 cm³/mol. The van der Waals surface area contributed by atoms with Crippen LogP contribution in [0, 0.1) is 5.92 Å². The van der Waals surface area contributed by atoms with Gasteiger partial charge in [0.25, 0.3) is 0 Å². The van der Waals surface area contributed by atoms with Crippen molar-refractivity contribution in [3.05, 3.63) is 28.2 Å². The highest BCUT2D eigenvalue weighted by Gasteiger charge is 2.40. The molecule has 2 aliphatic heterocycles. The largest absolute Gasteiger partial charge is 0.312 e. The molecule has 0 aromatic heterocycles. The first-order valence-electron chi connectivity index (χ1n) is 6.67. The number of sulfonamides is 1. The van der Waals surface area contributed by atoms with Gasteiger partial charge in [0.15, 0.2) is 0 Å². The standard InChI is InChI=1S/C13H16Cl2N2O2S/c14-10-4-1-5-12(13(10)15)20(18,19)17-7-9-3-2-6-16-11(9)8-17/h1,4-5,9,11,16H,2-3,6-8H2. The molecule has 1 aromatic carbocycles. The summed E-state index contributed by atoms with van der Waals surface area (Å²) in [6, 6.07) is 4.98. The first-order chi connectivity index (χ1) is 9.50. The van der Waals surface area contributed by atoms with Crippen molar-refractivity contribution in [2.45, 2.75) is 23.8 Å². The van der Waals surface area contributed by atoms with Gasteiger partial charge in [0.2, 0.25) is 10.0 Å². The van der Waals surface area contributed by atoms with E-state index in [0.717, 1.165) is 19.4 Å². The maximum absolute atomic E-state index is 12.7. The summed E-state index contributed by atoms with van der Waals surface area (Å²) in [4.78, 5) is 0.102. The average molecular weight is 335 g/mol. The molecule has 0 saturated carbocycles. The molecule has 0 aliphatic carbocycles. The van der Waals surface area contributed by atoms with E-state index in [1.807, 2.05) is 0 Å². The van der Waals surface area contributed by atoms with Gasteiger partial charge in [0, 0.05) is 19.1 Å². The lowest BCUT2D eigenvalue weighted by Crippen LogP contribution is -2.41. The van der Waals surface area contributed by atoms with Crippen LogP contribution in [0.25, 0.3) is 0 Å². The molecule has 0 spiro atoms. The lowest BCUT2D eigenvalue weighted by atomic mass is 9.94. The van der Waals surface area contributed by atoms with Crippen molar-refractivity contribution in [2.24, 2.45) is 5.92 Å². The minimum Gasteiger partial charge on any atom is -0.312 e. The van der Waals surface area contributed by atoms with Gasteiger partial charge in [-0.25, -0.2) is 8.42 Å². The van der Waals surface area contributed by atoms with Crippen LogP contribution in [0.5, 0.6) is 0 Å². The van der Waals surface area contributed by atoms with Crippen molar-refractivity contribution in [3.63, 3.8) is 0 Å². The summed E-state index contributed by atoms with van der Waals surface area (Å²) in [7, 11) is -3.57. The first kappa shape index (κ1) is 14.6. The molecule has 4 nitrogen and oxygen atoms in total. The summed E-state index contributed by atoms with van der Waals surface area (Å²) in [5.74, 6) is 0.400. The van der Waals surface area contributed by atoms with Crippen LogP contribution in [0.2, 0.25) is 10.0 Å². The molecule has 2 saturated heterocycles. The summed E-state index contributed by atoms with van der Waals surface area (Å²) in [6.45, 7) is 2.03. The smallest absolute Gasteiger partial charge is 0.244 e. The lowest BCUT2D eigenvalue weighted by Gasteiger charge is -2.24. The third kappa shape index (κ3) is 2.46. The van der Waals surface area contributed by atoms with Crippen LogP contribution < -0.4 is 5.32 Å². The third-order valence-corrected chi connectivity index (χ3v) is 6.90. The molecule has 2 unspecified atom stereocenters. The van der Waals surface area contributed by atoms with Gasteiger partial charge in [-0.2, -0.15) is 4.31 Å². The fraction of sp³-hybridized carbons (Fsp3) is 0.538. The number of hydrogen-bond donors (Lipinski definition) is 1. The van der Waals surface area contributed by atoms with Crippen LogP contribution in [-0.4, -0.2) is 38.4 Å². The van der Waals surface area contributed by atoms with Crippen molar-refractivity contribution < 1.29 is 8.42 Å². The van der Waals surface area contributed by atoms with Crippen LogP contribution in [0.15, 0.2) is 23.1 Å². The lowest BCUT2D eigenvalue weighted by molar-refractivity contribution is 0.339. The molecule has 2 fully saturated rings. The Morgan fingerprint density at radius 1 is 1.25 bits per heavy atom. The Morgan fingerprint density at radius 3 is 2.80 bits per heavy atom. The molecule has 1 N–H and O–H groups in total. The molecule has 2 heterocycles. The molecule has 1 aromatic rings. The van der Waals surface area contributed by atoms with Gasteiger partial charge in [-0.1, -0.05) is 29.3 Å². The van der Waals surface area contributed by atoms with E-state index in [1.165, 1.54) is 10.4 Å². The van der Waals surface area contributed by atoms with Gasteiger partial charge in [-0.3, -0.25) is 0 Å². The fourth-order valence-corrected chi connectivity index (χ4v) is 5.28. The maximum Gasteiger partial charge on any atom is 0.244 e. The predicted octanol–water partition coefficient (Wildman–Crippen LogP) is 2.37. The Kier molecular flexibility index (Phi) is 3.99. The number of piperidine rings is 1. The van der Waals surface area contributed by atoms with Gasteiger partial charge in [0.05, 0.1) is 10.0 Å². The van der Waals surface area contributed by atoms with E-state index in [2.05, 4.69) is 5.32 Å². The van der Waals surface area contributed by atoms with E-state index in [1.54, 1.807) is 12.1 Å². The second-order valence-electron chi connectivity index (χ2n) is 5.34. The van der Waals surface area contributed by atoms with E-state index in [4.69, 9.17) is 23.2 Å². The summed E-state index contributed by atoms with van der Waals surface area (Å²) in [6.07, 6.45) is 2.18. The Bertz CT molecular complexity index is 607. The van der Waals surface area contributed by atoms with E-state index in [0.29, 0.717) is 19.0 Å². The van der Waals surface area contributed by atoms with Gasteiger partial charge in [-0.05, 0) is 37.4 Å². The van der Waals surface area contributed by atoms with Crippen molar-refractivity contribution in [1.29, 1.82) is 0 Å². The van der Waals surface area contributed by atoms with Gasteiger partial charge < -0.3 is 5.32 Å². The average Bonchev–Trinajstić information content (AvgIpc) is 2.86. The van der Waals surface area contributed by atoms with Gasteiger partial charge >= 0.3 is 0 Å². The first-order valence-corrected chi connectivity index (χ1v) is 8.87. The second kappa shape index (κ2) is 5.46.